The molecule has 1 N–H and O–H groups in total. The Morgan fingerprint density at radius 3 is 2.68 bits per heavy atom. The number of benzene rings is 1. The molecule has 0 atom stereocenters. The van der Waals surface area contributed by atoms with Gasteiger partial charge in [0.25, 0.3) is 0 Å². The summed E-state index contributed by atoms with van der Waals surface area (Å²) in [4.78, 5) is 10.5. The first-order valence-electron chi connectivity index (χ1n) is 6.40. The van der Waals surface area contributed by atoms with Crippen LogP contribution in [0.5, 0.6) is 5.75 Å². The highest BCUT2D eigenvalue weighted by molar-refractivity contribution is 9.10. The van der Waals surface area contributed by atoms with Crippen LogP contribution >= 0.6 is 15.9 Å². The molecular formula is C15H19BrO3. The average Bonchev–Trinajstić information content (AvgIpc) is 2.40. The Labute approximate surface area is 122 Å². The third-order valence-electron chi connectivity index (χ3n) is 3.01. The van der Waals surface area contributed by atoms with Crippen molar-refractivity contribution < 1.29 is 14.6 Å². The summed E-state index contributed by atoms with van der Waals surface area (Å²) in [6, 6.07) is 5.58. The molecule has 1 aromatic rings. The Bertz CT molecular complexity index is 451. The average molecular weight is 327 g/mol. The zero-order valence-electron chi connectivity index (χ0n) is 11.2. The molecule has 1 aromatic carbocycles. The second kappa shape index (κ2) is 8.00. The van der Waals surface area contributed by atoms with Gasteiger partial charge in [0.1, 0.15) is 5.75 Å². The highest BCUT2D eigenvalue weighted by atomic mass is 79.9. The standard InChI is InChI=1S/C15H19BrO3/c1-3-11(4-2)10-19-13-6-7-14(16)12(9-13)5-8-15(17)18/h5-9,11H,3-4,10H2,1-2H3,(H,17,18)/b8-5+. The molecule has 0 saturated carbocycles. The van der Waals surface area contributed by atoms with Gasteiger partial charge in [0.05, 0.1) is 6.61 Å². The van der Waals surface area contributed by atoms with E-state index in [1.807, 2.05) is 18.2 Å². The number of hydrogen-bond acceptors (Lipinski definition) is 2. The maximum Gasteiger partial charge on any atom is 0.328 e. The van der Waals surface area contributed by atoms with Crippen molar-refractivity contribution in [3.8, 4) is 5.75 Å². The van der Waals surface area contributed by atoms with Crippen molar-refractivity contribution in [3.05, 3.63) is 34.3 Å². The Morgan fingerprint density at radius 1 is 1.42 bits per heavy atom. The van der Waals surface area contributed by atoms with Crippen molar-refractivity contribution >= 4 is 28.0 Å². The summed E-state index contributed by atoms with van der Waals surface area (Å²) in [6.07, 6.45) is 4.86. The zero-order valence-corrected chi connectivity index (χ0v) is 12.8. The maximum absolute atomic E-state index is 10.5. The van der Waals surface area contributed by atoms with E-state index in [1.165, 1.54) is 0 Å². The van der Waals surface area contributed by atoms with Crippen LogP contribution in [0.3, 0.4) is 0 Å². The van der Waals surface area contributed by atoms with Crippen LogP contribution in [0.2, 0.25) is 0 Å². The van der Waals surface area contributed by atoms with Crippen molar-refractivity contribution in [3.63, 3.8) is 0 Å². The van der Waals surface area contributed by atoms with Crippen molar-refractivity contribution in [1.82, 2.24) is 0 Å². The number of hydrogen-bond donors (Lipinski definition) is 1. The molecule has 0 aliphatic heterocycles. The summed E-state index contributed by atoms with van der Waals surface area (Å²) in [5.41, 5.74) is 0.796. The summed E-state index contributed by atoms with van der Waals surface area (Å²) in [5, 5.41) is 8.64. The summed E-state index contributed by atoms with van der Waals surface area (Å²) < 4.78 is 6.60. The molecule has 0 unspecified atom stereocenters. The number of carboxylic acid groups (broad SMARTS) is 1. The van der Waals surface area contributed by atoms with Crippen LogP contribution in [-0.2, 0) is 4.79 Å². The molecular weight excluding hydrogens is 308 g/mol. The van der Waals surface area contributed by atoms with E-state index in [1.54, 1.807) is 6.08 Å². The van der Waals surface area contributed by atoms with Gasteiger partial charge in [-0.1, -0.05) is 42.6 Å². The monoisotopic (exact) mass is 326 g/mol. The number of aliphatic carboxylic acids is 1. The smallest absolute Gasteiger partial charge is 0.328 e. The molecule has 104 valence electrons. The van der Waals surface area contributed by atoms with E-state index < -0.39 is 5.97 Å². The quantitative estimate of drug-likeness (QED) is 0.757. The first-order chi connectivity index (χ1) is 9.06. The van der Waals surface area contributed by atoms with Gasteiger partial charge in [0.2, 0.25) is 0 Å². The fraction of sp³-hybridized carbons (Fsp3) is 0.400. The molecule has 0 radical (unpaired) electrons. The van der Waals surface area contributed by atoms with Crippen LogP contribution in [0.1, 0.15) is 32.3 Å². The minimum atomic E-state index is -0.963. The van der Waals surface area contributed by atoms with Crippen LogP contribution in [-0.4, -0.2) is 17.7 Å². The van der Waals surface area contributed by atoms with Gasteiger partial charge in [0, 0.05) is 10.5 Å². The molecule has 0 saturated heterocycles. The molecule has 0 aliphatic rings. The number of ether oxygens (including phenoxy) is 1. The van der Waals surface area contributed by atoms with Crippen LogP contribution < -0.4 is 4.74 Å². The third kappa shape index (κ3) is 5.47. The fourth-order valence-corrected chi connectivity index (χ4v) is 2.02. The summed E-state index contributed by atoms with van der Waals surface area (Å²) in [6.45, 7) is 5.00. The van der Waals surface area contributed by atoms with E-state index in [4.69, 9.17) is 9.84 Å². The summed E-state index contributed by atoms with van der Waals surface area (Å²) >= 11 is 3.39. The molecule has 0 amide bonds. The molecule has 19 heavy (non-hydrogen) atoms. The van der Waals surface area contributed by atoms with Gasteiger partial charge in [-0.2, -0.15) is 0 Å². The number of rotatable bonds is 7. The molecule has 0 aliphatic carbocycles. The largest absolute Gasteiger partial charge is 0.493 e. The van der Waals surface area contributed by atoms with Crippen LogP contribution in [0.25, 0.3) is 6.08 Å². The summed E-state index contributed by atoms with van der Waals surface area (Å²) in [7, 11) is 0. The third-order valence-corrected chi connectivity index (χ3v) is 3.74. The molecule has 0 heterocycles. The van der Waals surface area contributed by atoms with Crippen molar-refractivity contribution in [2.45, 2.75) is 26.7 Å². The van der Waals surface area contributed by atoms with Crippen LogP contribution in [0.4, 0.5) is 0 Å². The van der Waals surface area contributed by atoms with Crippen molar-refractivity contribution in [2.24, 2.45) is 5.92 Å². The Balaban J connectivity index is 2.75. The topological polar surface area (TPSA) is 46.5 Å². The lowest BCUT2D eigenvalue weighted by Crippen LogP contribution is -2.10. The Morgan fingerprint density at radius 2 is 2.11 bits per heavy atom. The molecule has 0 fully saturated rings. The molecule has 4 heteroatoms. The van der Waals surface area contributed by atoms with E-state index in [0.717, 1.165) is 34.7 Å². The van der Waals surface area contributed by atoms with E-state index in [2.05, 4.69) is 29.8 Å². The van der Waals surface area contributed by atoms with E-state index in [0.29, 0.717) is 12.5 Å². The van der Waals surface area contributed by atoms with Crippen LogP contribution in [0, 0.1) is 5.92 Å². The van der Waals surface area contributed by atoms with Crippen LogP contribution in [0.15, 0.2) is 28.7 Å². The highest BCUT2D eigenvalue weighted by Crippen LogP contribution is 2.24. The summed E-state index contributed by atoms with van der Waals surface area (Å²) in [5.74, 6) is 0.358. The lowest BCUT2D eigenvalue weighted by atomic mass is 10.1. The predicted octanol–water partition coefficient (Wildman–Crippen LogP) is 4.36. The second-order valence-corrected chi connectivity index (χ2v) is 5.20. The number of carboxylic acids is 1. The minimum absolute atomic E-state index is 0.557. The predicted molar refractivity (Wildman–Crippen MR) is 80.4 cm³/mol. The fourth-order valence-electron chi connectivity index (χ4n) is 1.64. The van der Waals surface area contributed by atoms with Gasteiger partial charge in [-0.05, 0) is 35.8 Å². The molecule has 3 nitrogen and oxygen atoms in total. The number of carbonyl (C=O) groups is 1. The van der Waals surface area contributed by atoms with Crippen molar-refractivity contribution in [2.75, 3.05) is 6.61 Å². The highest BCUT2D eigenvalue weighted by Gasteiger charge is 2.06. The van der Waals surface area contributed by atoms with E-state index in [-0.39, 0.29) is 0 Å². The van der Waals surface area contributed by atoms with Gasteiger partial charge < -0.3 is 9.84 Å². The minimum Gasteiger partial charge on any atom is -0.493 e. The molecule has 1 rings (SSSR count). The normalized spacial score (nSPS) is 11.2. The lowest BCUT2D eigenvalue weighted by Gasteiger charge is -2.14. The Kier molecular flexibility index (Phi) is 6.64. The van der Waals surface area contributed by atoms with Gasteiger partial charge in [-0.3, -0.25) is 0 Å². The van der Waals surface area contributed by atoms with Gasteiger partial charge in [-0.25, -0.2) is 4.79 Å². The van der Waals surface area contributed by atoms with Gasteiger partial charge in [0.15, 0.2) is 0 Å². The Hall–Kier alpha value is -1.29. The second-order valence-electron chi connectivity index (χ2n) is 4.35. The first kappa shape index (κ1) is 15.8. The number of halogens is 1. The van der Waals surface area contributed by atoms with Gasteiger partial charge >= 0.3 is 5.97 Å². The molecule has 0 aromatic heterocycles. The van der Waals surface area contributed by atoms with Crippen molar-refractivity contribution in [1.29, 1.82) is 0 Å². The zero-order chi connectivity index (χ0) is 14.3. The molecule has 0 spiro atoms. The van der Waals surface area contributed by atoms with Gasteiger partial charge in [-0.15, -0.1) is 0 Å². The van der Waals surface area contributed by atoms with E-state index in [9.17, 15) is 4.79 Å². The SMILES string of the molecule is CCC(CC)COc1ccc(Br)c(/C=C/C(=O)O)c1. The molecule has 0 bridgehead atoms. The maximum atomic E-state index is 10.5. The lowest BCUT2D eigenvalue weighted by molar-refractivity contribution is -0.131. The van der Waals surface area contributed by atoms with E-state index >= 15 is 0 Å². The first-order valence-corrected chi connectivity index (χ1v) is 7.19.